The molecule has 4 heteroatoms. The fraction of sp³-hybridized carbons (Fsp3) is 1.00. The van der Waals surface area contributed by atoms with E-state index in [0.29, 0.717) is 0 Å². The van der Waals surface area contributed by atoms with E-state index in [1.807, 2.05) is 0 Å². The summed E-state index contributed by atoms with van der Waals surface area (Å²) >= 11 is 0. The van der Waals surface area contributed by atoms with Gasteiger partial charge >= 0.3 is 0 Å². The Morgan fingerprint density at radius 3 is 2.86 bits per heavy atom. The third kappa shape index (κ3) is 4.92. The molecule has 0 spiro atoms. The molecule has 1 unspecified atom stereocenters. The van der Waals surface area contributed by atoms with E-state index in [1.54, 1.807) is 0 Å². The molecule has 3 saturated heterocycles. The molecule has 0 saturated carbocycles. The molecule has 0 aliphatic carbocycles. The number of piperazine rings is 1. The van der Waals surface area contributed by atoms with Gasteiger partial charge in [-0.3, -0.25) is 4.90 Å². The van der Waals surface area contributed by atoms with Gasteiger partial charge in [-0.1, -0.05) is 6.42 Å². The fourth-order valence-corrected chi connectivity index (χ4v) is 4.14. The van der Waals surface area contributed by atoms with Gasteiger partial charge in [-0.05, 0) is 51.1 Å². The van der Waals surface area contributed by atoms with Gasteiger partial charge in [0.1, 0.15) is 0 Å². The molecule has 0 aromatic heterocycles. The minimum Gasteiger partial charge on any atom is -0.381 e. The SMILES string of the molecule is C1CCN(CCCOCC2CC[C@H]3CNCCN3C2)CC1. The lowest BCUT2D eigenvalue weighted by molar-refractivity contribution is 0.0266. The summed E-state index contributed by atoms with van der Waals surface area (Å²) in [6.07, 6.45) is 8.15. The highest BCUT2D eigenvalue weighted by molar-refractivity contribution is 4.86. The molecule has 0 aromatic rings. The van der Waals surface area contributed by atoms with E-state index in [4.69, 9.17) is 4.74 Å². The lowest BCUT2D eigenvalue weighted by atomic mass is 9.92. The molecule has 1 N–H and O–H groups in total. The summed E-state index contributed by atoms with van der Waals surface area (Å²) < 4.78 is 5.97. The van der Waals surface area contributed by atoms with E-state index in [0.717, 1.165) is 25.2 Å². The quantitative estimate of drug-likeness (QED) is 0.753. The van der Waals surface area contributed by atoms with Crippen molar-refractivity contribution in [3.63, 3.8) is 0 Å². The maximum absolute atomic E-state index is 5.97. The van der Waals surface area contributed by atoms with Crippen LogP contribution in [0.3, 0.4) is 0 Å². The highest BCUT2D eigenvalue weighted by atomic mass is 16.5. The molecule has 4 nitrogen and oxygen atoms in total. The van der Waals surface area contributed by atoms with E-state index in [-0.39, 0.29) is 0 Å². The molecule has 3 rings (SSSR count). The molecule has 3 fully saturated rings. The van der Waals surface area contributed by atoms with Crippen LogP contribution in [0.2, 0.25) is 0 Å². The monoisotopic (exact) mass is 295 g/mol. The summed E-state index contributed by atoms with van der Waals surface area (Å²) in [4.78, 5) is 5.29. The minimum atomic E-state index is 0.773. The summed E-state index contributed by atoms with van der Waals surface area (Å²) in [5.74, 6) is 0.773. The Kier molecular flexibility index (Phi) is 6.34. The van der Waals surface area contributed by atoms with Gasteiger partial charge in [0, 0.05) is 45.4 Å². The van der Waals surface area contributed by atoms with Crippen LogP contribution >= 0.6 is 0 Å². The number of nitrogens with zero attached hydrogens (tertiary/aromatic N) is 2. The third-order valence-electron chi connectivity index (χ3n) is 5.44. The van der Waals surface area contributed by atoms with Gasteiger partial charge in [-0.2, -0.15) is 0 Å². The zero-order valence-electron chi connectivity index (χ0n) is 13.6. The smallest absolute Gasteiger partial charge is 0.0506 e. The predicted molar refractivity (Wildman–Crippen MR) is 86.7 cm³/mol. The zero-order chi connectivity index (χ0) is 14.3. The Morgan fingerprint density at radius 2 is 1.95 bits per heavy atom. The number of hydrogen-bond donors (Lipinski definition) is 1. The number of piperidine rings is 2. The highest BCUT2D eigenvalue weighted by Crippen LogP contribution is 2.23. The molecule has 3 aliphatic rings. The van der Waals surface area contributed by atoms with E-state index in [9.17, 15) is 0 Å². The van der Waals surface area contributed by atoms with Crippen molar-refractivity contribution in [3.8, 4) is 0 Å². The molecule has 3 aliphatic heterocycles. The summed E-state index contributed by atoms with van der Waals surface area (Å²) in [5, 5.41) is 3.51. The van der Waals surface area contributed by atoms with Crippen molar-refractivity contribution in [1.82, 2.24) is 15.1 Å². The van der Waals surface area contributed by atoms with E-state index in [2.05, 4.69) is 15.1 Å². The summed E-state index contributed by atoms with van der Waals surface area (Å²) in [7, 11) is 0. The summed E-state index contributed by atoms with van der Waals surface area (Å²) in [5.41, 5.74) is 0. The Hall–Kier alpha value is -0.160. The number of nitrogens with one attached hydrogen (secondary N) is 1. The van der Waals surface area contributed by atoms with Crippen molar-refractivity contribution in [2.24, 2.45) is 5.92 Å². The number of fused-ring (bicyclic) bond motifs is 1. The first-order valence-corrected chi connectivity index (χ1v) is 9.17. The molecular weight excluding hydrogens is 262 g/mol. The fourth-order valence-electron chi connectivity index (χ4n) is 4.14. The van der Waals surface area contributed by atoms with Crippen molar-refractivity contribution in [2.75, 3.05) is 59.0 Å². The van der Waals surface area contributed by atoms with Crippen LogP contribution in [0.15, 0.2) is 0 Å². The largest absolute Gasteiger partial charge is 0.381 e. The van der Waals surface area contributed by atoms with E-state index < -0.39 is 0 Å². The third-order valence-corrected chi connectivity index (χ3v) is 5.44. The van der Waals surface area contributed by atoms with Crippen LogP contribution in [-0.4, -0.2) is 74.9 Å². The van der Waals surface area contributed by atoms with Crippen LogP contribution in [0, 0.1) is 5.92 Å². The van der Waals surface area contributed by atoms with Crippen LogP contribution in [0.4, 0.5) is 0 Å². The Balaban J connectivity index is 1.24. The van der Waals surface area contributed by atoms with Crippen molar-refractivity contribution in [1.29, 1.82) is 0 Å². The molecule has 2 atom stereocenters. The lowest BCUT2D eigenvalue weighted by Gasteiger charge is -2.42. The Morgan fingerprint density at radius 1 is 1.05 bits per heavy atom. The number of ether oxygens (including phenoxy) is 1. The number of likely N-dealkylation sites (tertiary alicyclic amines) is 1. The van der Waals surface area contributed by atoms with Crippen molar-refractivity contribution in [3.05, 3.63) is 0 Å². The lowest BCUT2D eigenvalue weighted by Crippen LogP contribution is -2.55. The zero-order valence-corrected chi connectivity index (χ0v) is 13.6. The van der Waals surface area contributed by atoms with Crippen LogP contribution in [0.5, 0.6) is 0 Å². The van der Waals surface area contributed by atoms with E-state index in [1.165, 1.54) is 84.3 Å². The molecule has 0 bridgehead atoms. The standard InChI is InChI=1S/C17H33N3O/c1-2-8-19(9-3-1)10-4-12-21-15-16-5-6-17-13-18-7-11-20(17)14-16/h16-18H,1-15H2/t16?,17-/m0/s1. The first-order valence-electron chi connectivity index (χ1n) is 9.17. The average molecular weight is 295 g/mol. The molecule has 0 radical (unpaired) electrons. The van der Waals surface area contributed by atoms with Crippen LogP contribution in [0.25, 0.3) is 0 Å². The molecule has 3 heterocycles. The maximum atomic E-state index is 5.97. The van der Waals surface area contributed by atoms with E-state index >= 15 is 0 Å². The minimum absolute atomic E-state index is 0.773. The number of rotatable bonds is 6. The average Bonchev–Trinajstić information content (AvgIpc) is 2.55. The molecule has 122 valence electrons. The van der Waals surface area contributed by atoms with Crippen LogP contribution in [0.1, 0.15) is 38.5 Å². The number of hydrogen-bond acceptors (Lipinski definition) is 4. The second kappa shape index (κ2) is 8.47. The highest BCUT2D eigenvalue weighted by Gasteiger charge is 2.29. The second-order valence-corrected chi connectivity index (χ2v) is 7.13. The second-order valence-electron chi connectivity index (χ2n) is 7.13. The van der Waals surface area contributed by atoms with Crippen molar-refractivity contribution in [2.45, 2.75) is 44.6 Å². The van der Waals surface area contributed by atoms with Gasteiger partial charge in [0.25, 0.3) is 0 Å². The molecular formula is C17H33N3O. The van der Waals surface area contributed by atoms with Crippen LogP contribution < -0.4 is 5.32 Å². The normalized spacial score (nSPS) is 32.0. The topological polar surface area (TPSA) is 27.7 Å². The Labute approximate surface area is 130 Å². The van der Waals surface area contributed by atoms with Crippen molar-refractivity contribution >= 4 is 0 Å². The van der Waals surface area contributed by atoms with Gasteiger partial charge in [-0.15, -0.1) is 0 Å². The van der Waals surface area contributed by atoms with Gasteiger partial charge < -0.3 is 15.0 Å². The van der Waals surface area contributed by atoms with Gasteiger partial charge in [0.15, 0.2) is 0 Å². The maximum Gasteiger partial charge on any atom is 0.0506 e. The summed E-state index contributed by atoms with van der Waals surface area (Å²) in [6, 6.07) is 0.800. The summed E-state index contributed by atoms with van der Waals surface area (Å²) in [6.45, 7) is 10.7. The van der Waals surface area contributed by atoms with Gasteiger partial charge in [0.05, 0.1) is 6.61 Å². The van der Waals surface area contributed by atoms with Gasteiger partial charge in [0.2, 0.25) is 0 Å². The first kappa shape index (κ1) is 15.7. The first-order chi connectivity index (χ1) is 10.4. The van der Waals surface area contributed by atoms with Crippen molar-refractivity contribution < 1.29 is 4.74 Å². The van der Waals surface area contributed by atoms with Gasteiger partial charge in [-0.25, -0.2) is 0 Å². The van der Waals surface area contributed by atoms with Crippen LogP contribution in [-0.2, 0) is 4.74 Å². The Bertz CT molecular complexity index is 294. The molecule has 0 aromatic carbocycles. The molecule has 0 amide bonds. The molecule has 21 heavy (non-hydrogen) atoms. The predicted octanol–water partition coefficient (Wildman–Crippen LogP) is 1.56.